The van der Waals surface area contributed by atoms with Crippen LogP contribution in [0.25, 0.3) is 0 Å². The normalized spacial score (nSPS) is 24.4. The van der Waals surface area contributed by atoms with Crippen LogP contribution in [0.5, 0.6) is 0 Å². The highest BCUT2D eigenvalue weighted by atomic mass is 32.2. The first kappa shape index (κ1) is 30.8. The summed E-state index contributed by atoms with van der Waals surface area (Å²) in [6.45, 7) is 1.11. The number of rotatable bonds is 6. The summed E-state index contributed by atoms with van der Waals surface area (Å²) in [5.74, 6) is 0.897. The number of carbonyl (C=O) groups is 3. The van der Waals surface area contributed by atoms with Crippen LogP contribution in [0, 0.1) is 30.1 Å². The van der Waals surface area contributed by atoms with Gasteiger partial charge in [-0.15, -0.1) is 6.42 Å². The number of halogens is 6. The zero-order valence-corrected chi connectivity index (χ0v) is 21.1. The lowest BCUT2D eigenvalue weighted by Crippen LogP contribution is -2.26. The monoisotopic (exact) mass is 589 g/mol. The van der Waals surface area contributed by atoms with Crippen molar-refractivity contribution in [3.8, 4) is 12.3 Å². The largest absolute Gasteiger partial charge is 0.478 e. The van der Waals surface area contributed by atoms with Gasteiger partial charge in [0.05, 0.1) is 16.0 Å². The van der Waals surface area contributed by atoms with Gasteiger partial charge in [0.1, 0.15) is 12.4 Å². The fraction of sp³-hybridized carbons (Fsp3) is 0.360. The maximum atomic E-state index is 13.4. The Labute approximate surface area is 227 Å². The van der Waals surface area contributed by atoms with E-state index in [0.29, 0.717) is 42.0 Å². The van der Waals surface area contributed by atoms with Gasteiger partial charge in [0.15, 0.2) is 0 Å². The minimum absolute atomic E-state index is 0.0764. The number of terminal acetylenes is 1. The molecule has 2 heterocycles. The molecule has 3 aliphatic rings. The van der Waals surface area contributed by atoms with Gasteiger partial charge in [-0.1, -0.05) is 18.1 Å². The number of benzene rings is 1. The number of carboxylic acids is 2. The highest BCUT2D eigenvalue weighted by molar-refractivity contribution is 8.18. The highest BCUT2D eigenvalue weighted by Crippen LogP contribution is 2.54. The number of aliphatic imine (C=N–C) groups is 1. The molecule has 1 unspecified atom stereocenters. The van der Waals surface area contributed by atoms with Gasteiger partial charge in [-0.05, 0) is 47.2 Å². The maximum Gasteiger partial charge on any atom is 0.416 e. The van der Waals surface area contributed by atoms with E-state index in [1.807, 2.05) is 11.0 Å². The molecule has 8 nitrogen and oxygen atoms in total. The number of piperidine rings is 1. The molecule has 4 rings (SSSR count). The lowest BCUT2D eigenvalue weighted by atomic mass is 10.0. The summed E-state index contributed by atoms with van der Waals surface area (Å²) >= 11 is 1.02. The van der Waals surface area contributed by atoms with Gasteiger partial charge in [0.25, 0.3) is 5.24 Å². The molecule has 1 amide bonds. The number of nitrogens with one attached hydrogen (secondary N) is 1. The third-order valence-electron chi connectivity index (χ3n) is 6.17. The van der Waals surface area contributed by atoms with Crippen molar-refractivity contribution in [2.75, 3.05) is 19.6 Å². The van der Waals surface area contributed by atoms with Crippen LogP contribution in [0.2, 0.25) is 0 Å². The second kappa shape index (κ2) is 12.2. The summed E-state index contributed by atoms with van der Waals surface area (Å²) in [6, 6.07) is 1.78. The molecule has 15 heteroatoms. The summed E-state index contributed by atoms with van der Waals surface area (Å²) < 4.78 is 78.7. The van der Waals surface area contributed by atoms with Crippen LogP contribution < -0.4 is 5.32 Å². The Morgan fingerprint density at radius 3 is 2.20 bits per heavy atom. The van der Waals surface area contributed by atoms with Crippen LogP contribution in [0.4, 0.5) is 31.1 Å². The Hall–Kier alpha value is -3.77. The lowest BCUT2D eigenvalue weighted by molar-refractivity contribution is -0.143. The van der Waals surface area contributed by atoms with Gasteiger partial charge in [-0.25, -0.2) is 9.59 Å². The van der Waals surface area contributed by atoms with Gasteiger partial charge in [0.2, 0.25) is 0 Å². The predicted molar refractivity (Wildman–Crippen MR) is 132 cm³/mol. The van der Waals surface area contributed by atoms with Crippen molar-refractivity contribution in [3.63, 3.8) is 0 Å². The topological polar surface area (TPSA) is 119 Å². The Morgan fingerprint density at radius 2 is 1.70 bits per heavy atom. The van der Waals surface area contributed by atoms with Crippen LogP contribution in [0.3, 0.4) is 0 Å². The molecule has 2 aliphatic heterocycles. The van der Waals surface area contributed by atoms with Crippen molar-refractivity contribution in [1.29, 1.82) is 0 Å². The number of likely N-dealkylation sites (tertiary alicyclic amines) is 1. The number of carbonyl (C=O) groups excluding carboxylic acids is 1. The third-order valence-corrected chi connectivity index (χ3v) is 7.01. The summed E-state index contributed by atoms with van der Waals surface area (Å²) in [4.78, 5) is 37.4. The molecule has 2 saturated heterocycles. The number of carboxylic acid groups (broad SMARTS) is 2. The molecule has 0 bridgehead atoms. The second-order valence-electron chi connectivity index (χ2n) is 8.89. The molecule has 0 spiro atoms. The number of amides is 1. The van der Waals surface area contributed by atoms with E-state index in [-0.39, 0.29) is 47.7 Å². The first-order valence-corrected chi connectivity index (χ1v) is 12.2. The number of aliphatic carboxylic acids is 2. The average Bonchev–Trinajstić information content (AvgIpc) is 3.13. The van der Waals surface area contributed by atoms with Gasteiger partial charge < -0.3 is 15.5 Å². The summed E-state index contributed by atoms with van der Waals surface area (Å²) in [7, 11) is 0. The van der Waals surface area contributed by atoms with E-state index in [0.717, 1.165) is 17.8 Å². The quantitative estimate of drug-likeness (QED) is 0.254. The first-order chi connectivity index (χ1) is 18.6. The van der Waals surface area contributed by atoms with Crippen LogP contribution >= 0.6 is 11.8 Å². The fourth-order valence-electron chi connectivity index (χ4n) is 4.44. The Bertz CT molecular complexity index is 1290. The van der Waals surface area contributed by atoms with Crippen LogP contribution in [0.1, 0.15) is 16.7 Å². The zero-order valence-electron chi connectivity index (χ0n) is 20.3. The molecular weight excluding hydrogens is 568 g/mol. The number of alkyl halides is 6. The summed E-state index contributed by atoms with van der Waals surface area (Å²) in [5.41, 5.74) is -2.75. The van der Waals surface area contributed by atoms with E-state index in [1.54, 1.807) is 0 Å². The fourth-order valence-corrected chi connectivity index (χ4v) is 5.22. The molecule has 0 aromatic heterocycles. The van der Waals surface area contributed by atoms with E-state index in [4.69, 9.17) is 16.6 Å². The van der Waals surface area contributed by atoms with Crippen LogP contribution in [-0.2, 0) is 28.5 Å². The molecule has 3 N–H and O–H groups in total. The van der Waals surface area contributed by atoms with Gasteiger partial charge in [-0.2, -0.15) is 26.3 Å². The average molecular weight is 590 g/mol. The van der Waals surface area contributed by atoms with Crippen LogP contribution in [-0.4, -0.2) is 57.8 Å². The summed E-state index contributed by atoms with van der Waals surface area (Å²) in [5, 5.41) is 18.0. The standard InChI is InChI=1S/C21H17F6N3OS.C4H4O4/c1-2-5-28-18-17(32-19(31)29-18)7-13-14-9-30(10-15(13)14)8-11-3-4-12(20(22,23)24)6-16(11)21(25,26)27;5-3(6)1-2-4(7)8/h1,3-4,6-7,13-15H,5,8-10H2,(H,28,29,31);1-2H,(H,5,6)(H,7,8)/t13?,14-,15+;. The molecule has 1 aromatic rings. The summed E-state index contributed by atoms with van der Waals surface area (Å²) in [6.07, 6.45) is -1.46. The van der Waals surface area contributed by atoms with Crippen molar-refractivity contribution < 1.29 is 50.9 Å². The molecule has 3 fully saturated rings. The van der Waals surface area contributed by atoms with E-state index < -0.39 is 35.4 Å². The van der Waals surface area contributed by atoms with Crippen molar-refractivity contribution in [1.82, 2.24) is 10.2 Å². The predicted octanol–water partition coefficient (Wildman–Crippen LogP) is 4.49. The van der Waals surface area contributed by atoms with E-state index in [1.165, 1.54) is 0 Å². The van der Waals surface area contributed by atoms with E-state index in [2.05, 4.69) is 16.2 Å². The molecule has 214 valence electrons. The number of allylic oxidation sites excluding steroid dienone is 1. The van der Waals surface area contributed by atoms with Crippen molar-refractivity contribution in [2.45, 2.75) is 18.9 Å². The van der Waals surface area contributed by atoms with Gasteiger partial charge in [0, 0.05) is 31.8 Å². The minimum atomic E-state index is -4.88. The third kappa shape index (κ3) is 8.12. The minimum Gasteiger partial charge on any atom is -0.478 e. The molecule has 40 heavy (non-hydrogen) atoms. The van der Waals surface area contributed by atoms with Crippen molar-refractivity contribution >= 4 is 34.8 Å². The highest BCUT2D eigenvalue weighted by Gasteiger charge is 2.55. The van der Waals surface area contributed by atoms with Gasteiger partial charge >= 0.3 is 24.3 Å². The zero-order chi connectivity index (χ0) is 29.8. The number of amidine groups is 1. The molecule has 1 saturated carbocycles. The van der Waals surface area contributed by atoms with Gasteiger partial charge in [-0.3, -0.25) is 14.7 Å². The Kier molecular flexibility index (Phi) is 9.36. The molecule has 1 aliphatic carbocycles. The Morgan fingerprint density at radius 1 is 1.10 bits per heavy atom. The second-order valence-corrected chi connectivity index (χ2v) is 9.91. The number of thioether (sulfide) groups is 1. The Balaban J connectivity index is 0.000000482. The smallest absolute Gasteiger partial charge is 0.416 e. The maximum absolute atomic E-state index is 13.4. The SMILES string of the molecule is C#CCN=C1NC(=O)SC1=CC1[C@H]2CN(Cc3ccc(C(F)(F)F)cc3C(F)(F)F)C[C@@H]12.O=C(O)C=CC(=O)O. The van der Waals surface area contributed by atoms with Crippen LogP contribution in [0.15, 0.2) is 46.3 Å². The lowest BCUT2D eigenvalue weighted by Gasteiger charge is -2.22. The number of fused-ring (bicyclic) bond motifs is 1. The number of hydrogen-bond donors (Lipinski definition) is 3. The van der Waals surface area contributed by atoms with Crippen molar-refractivity contribution in [2.24, 2.45) is 22.7 Å². The van der Waals surface area contributed by atoms with Crippen molar-refractivity contribution in [3.05, 3.63) is 58.0 Å². The number of nitrogens with zero attached hydrogens (tertiary/aromatic N) is 2. The molecule has 3 atom stereocenters. The molecule has 0 radical (unpaired) electrons. The van der Waals surface area contributed by atoms with E-state index >= 15 is 0 Å². The first-order valence-electron chi connectivity index (χ1n) is 11.4. The molecule has 1 aromatic carbocycles. The number of hydrogen-bond acceptors (Lipinski definition) is 6. The van der Waals surface area contributed by atoms with E-state index in [9.17, 15) is 40.7 Å². The molecular formula is C25H21F6N3O5S.